The summed E-state index contributed by atoms with van der Waals surface area (Å²) < 4.78 is 3.17. The molecule has 27 heavy (non-hydrogen) atoms. The maximum atomic E-state index is 4.78. The third kappa shape index (κ3) is 3.61. The first-order chi connectivity index (χ1) is 12.7. The van der Waals surface area contributed by atoms with E-state index in [0.29, 0.717) is 19.9 Å². The van der Waals surface area contributed by atoms with Gasteiger partial charge < -0.3 is 0 Å². The van der Waals surface area contributed by atoms with Gasteiger partial charge in [0.25, 0.3) is 0 Å². The molecule has 4 rings (SSSR count). The van der Waals surface area contributed by atoms with Crippen molar-refractivity contribution in [1.82, 2.24) is 4.98 Å². The topological polar surface area (TPSA) is 12.9 Å². The molecule has 0 amide bonds. The first kappa shape index (κ1) is 18.5. The minimum atomic E-state index is 0.339. The van der Waals surface area contributed by atoms with Crippen LogP contribution in [0.2, 0.25) is 0 Å². The summed E-state index contributed by atoms with van der Waals surface area (Å²) in [6, 6.07) is 13.7. The molecule has 138 valence electrons. The molecule has 0 saturated carbocycles. The van der Waals surface area contributed by atoms with Crippen molar-refractivity contribution < 1.29 is 0 Å². The van der Waals surface area contributed by atoms with Gasteiger partial charge in [0.2, 0.25) is 0 Å². The molecule has 2 heterocycles. The van der Waals surface area contributed by atoms with Crippen LogP contribution in [0, 0.1) is 26.2 Å². The Labute approximate surface area is 168 Å². The number of nitrogens with zero attached hydrogens (tertiary/aromatic N) is 1. The van der Waals surface area contributed by atoms with Crippen molar-refractivity contribution in [3.8, 4) is 11.3 Å². The van der Waals surface area contributed by atoms with E-state index < -0.39 is 0 Å². The first-order valence-electron chi connectivity index (χ1n) is 9.61. The molecule has 0 radical (unpaired) electrons. The van der Waals surface area contributed by atoms with Crippen molar-refractivity contribution in [1.29, 1.82) is 0 Å². The molecular formula is C25H27NSe. The number of hydrogen-bond donors (Lipinski definition) is 0. The molecule has 0 saturated heterocycles. The summed E-state index contributed by atoms with van der Waals surface area (Å²) >= 11 is 0.427. The monoisotopic (exact) mass is 421 g/mol. The number of pyridine rings is 1. The predicted molar refractivity (Wildman–Crippen MR) is 119 cm³/mol. The summed E-state index contributed by atoms with van der Waals surface area (Å²) in [5, 5.41) is 4.04. The van der Waals surface area contributed by atoms with Crippen molar-refractivity contribution in [2.75, 3.05) is 0 Å². The van der Waals surface area contributed by atoms with E-state index in [4.69, 9.17) is 4.98 Å². The Morgan fingerprint density at radius 1 is 0.889 bits per heavy atom. The molecule has 2 aromatic carbocycles. The fraction of sp³-hybridized carbons (Fsp3) is 0.320. The molecule has 0 aliphatic rings. The van der Waals surface area contributed by atoms with Gasteiger partial charge in [-0.3, -0.25) is 0 Å². The van der Waals surface area contributed by atoms with E-state index in [1.807, 2.05) is 6.20 Å². The second kappa shape index (κ2) is 6.62. The van der Waals surface area contributed by atoms with Crippen molar-refractivity contribution in [2.45, 2.75) is 48.0 Å². The average Bonchev–Trinajstić information content (AvgIpc) is 2.85. The molecule has 0 bridgehead atoms. The van der Waals surface area contributed by atoms with E-state index in [-0.39, 0.29) is 0 Å². The van der Waals surface area contributed by atoms with E-state index in [1.54, 1.807) is 4.44 Å². The fourth-order valence-electron chi connectivity index (χ4n) is 3.93. The Hall–Kier alpha value is -1.89. The van der Waals surface area contributed by atoms with Crippen LogP contribution in [0.15, 0.2) is 42.6 Å². The molecule has 2 heteroatoms. The normalized spacial score (nSPS) is 12.2. The Bertz CT molecular complexity index is 1140. The van der Waals surface area contributed by atoms with Crippen LogP contribution in [0.1, 0.15) is 41.9 Å². The van der Waals surface area contributed by atoms with Crippen LogP contribution in [-0.2, 0) is 6.42 Å². The van der Waals surface area contributed by atoms with Crippen molar-refractivity contribution >= 4 is 34.9 Å². The molecule has 1 nitrogen and oxygen atoms in total. The van der Waals surface area contributed by atoms with Crippen LogP contribution < -0.4 is 0 Å². The number of benzene rings is 2. The van der Waals surface area contributed by atoms with Gasteiger partial charge in [-0.25, -0.2) is 0 Å². The Morgan fingerprint density at radius 2 is 1.59 bits per heavy atom. The van der Waals surface area contributed by atoms with Gasteiger partial charge >= 0.3 is 168 Å². The van der Waals surface area contributed by atoms with E-state index in [1.165, 1.54) is 49.1 Å². The third-order valence-corrected chi connectivity index (χ3v) is 7.74. The molecule has 0 unspecified atom stereocenters. The van der Waals surface area contributed by atoms with E-state index in [0.717, 1.165) is 5.69 Å². The molecular weight excluding hydrogens is 393 g/mol. The molecule has 0 aliphatic carbocycles. The summed E-state index contributed by atoms with van der Waals surface area (Å²) in [6.07, 6.45) is 3.14. The number of aryl methyl sites for hydroxylation is 3. The predicted octanol–water partition coefficient (Wildman–Crippen LogP) is 6.63. The van der Waals surface area contributed by atoms with Gasteiger partial charge in [-0.15, -0.1) is 0 Å². The van der Waals surface area contributed by atoms with Crippen LogP contribution in [-0.4, -0.2) is 19.5 Å². The van der Waals surface area contributed by atoms with E-state index in [2.05, 4.69) is 77.9 Å². The molecule has 2 aromatic heterocycles. The average molecular weight is 420 g/mol. The van der Waals surface area contributed by atoms with Gasteiger partial charge in [-0.1, -0.05) is 0 Å². The van der Waals surface area contributed by atoms with Gasteiger partial charge in [0, 0.05) is 0 Å². The second-order valence-electron chi connectivity index (χ2n) is 8.99. The third-order valence-electron chi connectivity index (χ3n) is 5.11. The number of fused-ring (bicyclic) bond motifs is 2. The number of aromatic nitrogens is 1. The van der Waals surface area contributed by atoms with Crippen LogP contribution in [0.25, 0.3) is 31.7 Å². The van der Waals surface area contributed by atoms with E-state index in [9.17, 15) is 0 Å². The quantitative estimate of drug-likeness (QED) is 0.332. The van der Waals surface area contributed by atoms with Crippen LogP contribution in [0.4, 0.5) is 0 Å². The summed E-state index contributed by atoms with van der Waals surface area (Å²) in [4.78, 5) is 4.78. The molecule has 0 spiro atoms. The van der Waals surface area contributed by atoms with Crippen LogP contribution in [0.5, 0.6) is 0 Å². The zero-order chi connectivity index (χ0) is 19.3. The molecule has 0 N–H and O–H groups in total. The SMILES string of the molecule is Cc1cc(C)cc(-c2nccc3cc4c(C)c(CC(C)(C)C)[se]c4cc23)c1. The molecule has 0 fully saturated rings. The first-order valence-corrected chi connectivity index (χ1v) is 11.3. The summed E-state index contributed by atoms with van der Waals surface area (Å²) in [5.41, 5.74) is 6.76. The van der Waals surface area contributed by atoms with Gasteiger partial charge in [0.05, 0.1) is 0 Å². The fourth-order valence-corrected chi connectivity index (χ4v) is 7.15. The van der Waals surface area contributed by atoms with Gasteiger partial charge in [-0.05, 0) is 0 Å². The van der Waals surface area contributed by atoms with Gasteiger partial charge in [-0.2, -0.15) is 0 Å². The van der Waals surface area contributed by atoms with E-state index >= 15 is 0 Å². The number of rotatable bonds is 2. The van der Waals surface area contributed by atoms with Crippen LogP contribution in [0.3, 0.4) is 0 Å². The molecule has 0 aliphatic heterocycles. The summed E-state index contributed by atoms with van der Waals surface area (Å²) in [7, 11) is 0. The van der Waals surface area contributed by atoms with Gasteiger partial charge in [0.1, 0.15) is 0 Å². The van der Waals surface area contributed by atoms with Crippen molar-refractivity contribution in [3.63, 3.8) is 0 Å². The van der Waals surface area contributed by atoms with Crippen molar-refractivity contribution in [2.24, 2.45) is 5.41 Å². The molecule has 4 aromatic rings. The summed E-state index contributed by atoms with van der Waals surface area (Å²) in [5.74, 6) is 0. The zero-order valence-corrected chi connectivity index (χ0v) is 18.8. The van der Waals surface area contributed by atoms with Crippen LogP contribution >= 0.6 is 0 Å². The number of hydrogen-bond acceptors (Lipinski definition) is 1. The van der Waals surface area contributed by atoms with Crippen molar-refractivity contribution in [3.05, 3.63) is 63.7 Å². The minimum absolute atomic E-state index is 0.339. The Kier molecular flexibility index (Phi) is 4.53. The maximum absolute atomic E-state index is 4.78. The second-order valence-corrected chi connectivity index (χ2v) is 11.4. The summed E-state index contributed by atoms with van der Waals surface area (Å²) in [6.45, 7) is 13.6. The Balaban J connectivity index is 1.95. The zero-order valence-electron chi connectivity index (χ0n) is 17.1. The standard InChI is InChI=1S/C25H27NSe/c1-15-9-16(2)11-19(10-15)24-21-13-22-20(12-18(21)7-8-26-24)17(3)23(27-22)14-25(4,5)6/h7-13H,14H2,1-6H3. The molecule has 0 atom stereocenters. The van der Waals surface area contributed by atoms with Gasteiger partial charge in [0.15, 0.2) is 0 Å². The Morgan fingerprint density at radius 3 is 2.26 bits per heavy atom.